The smallest absolute Gasteiger partial charge is 0.449 e. The number of aryl methyl sites for hydroxylation is 1. The summed E-state index contributed by atoms with van der Waals surface area (Å²) in [4.78, 5) is 54.9. The van der Waals surface area contributed by atoms with Gasteiger partial charge in [0.1, 0.15) is 17.0 Å². The van der Waals surface area contributed by atoms with Crippen LogP contribution in [-0.4, -0.2) is 87.8 Å². The average molecular weight is 631 g/mol. The lowest BCUT2D eigenvalue weighted by atomic mass is 10.1. The number of nitrogens with zero attached hydrogens (tertiary/aromatic N) is 6. The summed E-state index contributed by atoms with van der Waals surface area (Å²) in [5.74, 6) is -0.710. The molecule has 0 bridgehead atoms. The van der Waals surface area contributed by atoms with Crippen molar-refractivity contribution in [3.05, 3.63) is 28.1 Å². The summed E-state index contributed by atoms with van der Waals surface area (Å²) in [6.07, 6.45) is -2.28. The van der Waals surface area contributed by atoms with Crippen LogP contribution in [0.15, 0.2) is 27.5 Å². The van der Waals surface area contributed by atoms with Crippen LogP contribution in [0.5, 0.6) is 0 Å². The fraction of sp³-hybridized carbons (Fsp3) is 0.429. The molecular formula is C21H23ClN8O7S3. The SMILES string of the molecule is Cn1nnnc1SCC1=C(OC(=O)O)N2C(=O)C(NC(=O)C(=CCl)c3csc(NC(=O)OC(C)(C)C)n3)[C@@H]2SC1. The van der Waals surface area contributed by atoms with E-state index < -0.39 is 41.1 Å². The minimum Gasteiger partial charge on any atom is -0.449 e. The first kappa shape index (κ1) is 29.6. The minimum absolute atomic E-state index is 0.0332. The van der Waals surface area contributed by atoms with Gasteiger partial charge in [-0.15, -0.1) is 28.2 Å². The van der Waals surface area contributed by atoms with E-state index in [0.717, 1.165) is 16.9 Å². The first-order chi connectivity index (χ1) is 18.9. The molecule has 1 fully saturated rings. The Morgan fingerprint density at radius 2 is 2.10 bits per heavy atom. The molecule has 4 rings (SSSR count). The summed E-state index contributed by atoms with van der Waals surface area (Å²) < 4.78 is 11.6. The van der Waals surface area contributed by atoms with Gasteiger partial charge in [0.25, 0.3) is 11.8 Å². The van der Waals surface area contributed by atoms with E-state index >= 15 is 0 Å². The number of β-lactam (4-membered cyclic amide) rings is 1. The number of carbonyl (C=O) groups is 4. The number of anilines is 1. The largest absolute Gasteiger partial charge is 0.512 e. The Labute approximate surface area is 244 Å². The fourth-order valence-electron chi connectivity index (χ4n) is 3.49. The summed E-state index contributed by atoms with van der Waals surface area (Å²) in [5, 5.41) is 27.2. The molecule has 4 heterocycles. The second-order valence-electron chi connectivity index (χ2n) is 9.20. The van der Waals surface area contributed by atoms with Gasteiger partial charge in [-0.2, -0.15) is 0 Å². The molecule has 1 saturated heterocycles. The standard InChI is InChI=1S/C21H23ClN8O7S3/c1-21(2,3)37-19(33)25-17-23-11(8-39-17)10(5-22)13(31)24-12-14(32)30-15(36-20(34)35)9(6-38-16(12)30)7-40-18-26-27-28-29(18)4/h5,8,12,16H,6-7H2,1-4H3,(H,24,31)(H,34,35)(H,23,25,33)/t12?,16-/m0/s1. The molecule has 2 aromatic heterocycles. The number of carboxylic acid groups (broad SMARTS) is 1. The van der Waals surface area contributed by atoms with Crippen LogP contribution >= 0.6 is 46.5 Å². The van der Waals surface area contributed by atoms with E-state index in [9.17, 15) is 24.3 Å². The predicted molar refractivity (Wildman–Crippen MR) is 146 cm³/mol. The number of thiazole rings is 1. The molecule has 1 unspecified atom stereocenters. The number of nitrogens with one attached hydrogen (secondary N) is 2. The first-order valence-electron chi connectivity index (χ1n) is 11.4. The van der Waals surface area contributed by atoms with Crippen molar-refractivity contribution in [3.63, 3.8) is 0 Å². The van der Waals surface area contributed by atoms with Gasteiger partial charge in [-0.25, -0.2) is 19.3 Å². The van der Waals surface area contributed by atoms with Crippen molar-refractivity contribution in [1.29, 1.82) is 0 Å². The van der Waals surface area contributed by atoms with Crippen LogP contribution in [0.4, 0.5) is 14.7 Å². The molecule has 0 radical (unpaired) electrons. The maximum Gasteiger partial charge on any atom is 0.512 e. The van der Waals surface area contributed by atoms with E-state index in [2.05, 4.69) is 31.1 Å². The molecule has 2 aromatic rings. The van der Waals surface area contributed by atoms with Gasteiger partial charge < -0.3 is 19.9 Å². The van der Waals surface area contributed by atoms with Crippen molar-refractivity contribution in [2.75, 3.05) is 16.8 Å². The van der Waals surface area contributed by atoms with Gasteiger partial charge in [-0.1, -0.05) is 23.4 Å². The second-order valence-corrected chi connectivity index (χ2v) is 12.3. The summed E-state index contributed by atoms with van der Waals surface area (Å²) in [7, 11) is 1.66. The van der Waals surface area contributed by atoms with E-state index in [1.807, 2.05) is 0 Å². The summed E-state index contributed by atoms with van der Waals surface area (Å²) in [6.45, 7) is 5.15. The number of fused-ring (bicyclic) bond motifs is 1. The van der Waals surface area contributed by atoms with Crippen LogP contribution < -0.4 is 10.6 Å². The van der Waals surface area contributed by atoms with E-state index in [1.54, 1.807) is 27.8 Å². The Hall–Kier alpha value is -3.35. The highest BCUT2D eigenvalue weighted by Gasteiger charge is 2.54. The molecule has 2 atom stereocenters. The van der Waals surface area contributed by atoms with Gasteiger partial charge in [-0.3, -0.25) is 19.8 Å². The van der Waals surface area contributed by atoms with Crippen molar-refractivity contribution in [2.45, 2.75) is 42.9 Å². The molecule has 3 N–H and O–H groups in total. The minimum atomic E-state index is -1.57. The van der Waals surface area contributed by atoms with Gasteiger partial charge in [0, 0.05) is 35.0 Å². The molecule has 0 saturated carbocycles. The first-order valence-corrected chi connectivity index (χ1v) is 14.7. The number of rotatable bonds is 8. The highest BCUT2D eigenvalue weighted by molar-refractivity contribution is 8.01. The number of carbonyl (C=O) groups excluding carboxylic acids is 3. The number of amides is 3. The number of thioether (sulfide) groups is 2. The van der Waals surface area contributed by atoms with Crippen molar-refractivity contribution in [2.24, 2.45) is 7.05 Å². The number of ether oxygens (including phenoxy) is 2. The quantitative estimate of drug-likeness (QED) is 0.167. The Morgan fingerprint density at radius 3 is 2.73 bits per heavy atom. The Balaban J connectivity index is 1.43. The van der Waals surface area contributed by atoms with E-state index in [-0.39, 0.29) is 28.0 Å². The van der Waals surface area contributed by atoms with Gasteiger partial charge >= 0.3 is 12.2 Å². The van der Waals surface area contributed by atoms with Crippen LogP contribution in [-0.2, 0) is 26.1 Å². The second kappa shape index (κ2) is 12.0. The molecule has 19 heteroatoms. The fourth-order valence-corrected chi connectivity index (χ4v) is 6.70. The highest BCUT2D eigenvalue weighted by Crippen LogP contribution is 2.42. The van der Waals surface area contributed by atoms with E-state index in [0.29, 0.717) is 16.5 Å². The lowest BCUT2D eigenvalue weighted by Gasteiger charge is -2.49. The summed E-state index contributed by atoms with van der Waals surface area (Å²) in [6, 6.07) is -0.966. The number of halogens is 1. The monoisotopic (exact) mass is 630 g/mol. The molecule has 3 amide bonds. The molecule has 2 aliphatic rings. The van der Waals surface area contributed by atoms with Crippen LogP contribution in [0, 0.1) is 0 Å². The maximum absolute atomic E-state index is 13.1. The van der Waals surface area contributed by atoms with Gasteiger partial charge in [0.05, 0.1) is 11.3 Å². The molecule has 0 aliphatic carbocycles. The maximum atomic E-state index is 13.1. The van der Waals surface area contributed by atoms with Crippen molar-refractivity contribution >= 4 is 81.2 Å². The van der Waals surface area contributed by atoms with Gasteiger partial charge in [0.15, 0.2) is 5.13 Å². The van der Waals surface area contributed by atoms with Crippen molar-refractivity contribution in [1.82, 2.24) is 35.4 Å². The van der Waals surface area contributed by atoms with Gasteiger partial charge in [-0.05, 0) is 31.2 Å². The molecule has 0 aromatic carbocycles. The molecule has 40 heavy (non-hydrogen) atoms. The lowest BCUT2D eigenvalue weighted by Crippen LogP contribution is -2.70. The third-order valence-corrected chi connectivity index (χ3v) is 8.57. The average Bonchev–Trinajstić information content (AvgIpc) is 3.48. The number of hydrogen-bond acceptors (Lipinski definition) is 13. The number of aromatic nitrogens is 5. The van der Waals surface area contributed by atoms with E-state index in [4.69, 9.17) is 21.1 Å². The Morgan fingerprint density at radius 1 is 1.35 bits per heavy atom. The third-order valence-electron chi connectivity index (χ3n) is 5.16. The normalized spacial score (nSPS) is 19.1. The summed E-state index contributed by atoms with van der Waals surface area (Å²) >= 11 is 9.58. The van der Waals surface area contributed by atoms with E-state index in [1.165, 1.54) is 38.5 Å². The molecule has 0 spiro atoms. The number of hydrogen-bond donors (Lipinski definition) is 3. The molecular weight excluding hydrogens is 608 g/mol. The topological polar surface area (TPSA) is 191 Å². The molecule has 2 aliphatic heterocycles. The van der Waals surface area contributed by atoms with Gasteiger partial charge in [0.2, 0.25) is 11.0 Å². The molecule has 214 valence electrons. The zero-order valence-corrected chi connectivity index (χ0v) is 24.6. The van der Waals surface area contributed by atoms with Crippen LogP contribution in [0.1, 0.15) is 26.5 Å². The van der Waals surface area contributed by atoms with Crippen LogP contribution in [0.2, 0.25) is 0 Å². The Kier molecular flexibility index (Phi) is 8.91. The number of tetrazole rings is 1. The Bertz CT molecular complexity index is 1400. The molecule has 15 nitrogen and oxygen atoms in total. The van der Waals surface area contributed by atoms with Crippen molar-refractivity contribution in [3.8, 4) is 0 Å². The van der Waals surface area contributed by atoms with Crippen LogP contribution in [0.3, 0.4) is 0 Å². The zero-order valence-electron chi connectivity index (χ0n) is 21.4. The highest BCUT2D eigenvalue weighted by atomic mass is 35.5. The third kappa shape index (κ3) is 6.68. The predicted octanol–water partition coefficient (Wildman–Crippen LogP) is 2.69. The van der Waals surface area contributed by atoms with Crippen LogP contribution in [0.25, 0.3) is 5.57 Å². The lowest BCUT2D eigenvalue weighted by molar-refractivity contribution is -0.148. The summed E-state index contributed by atoms with van der Waals surface area (Å²) in [5.41, 5.74) is 1.02. The van der Waals surface area contributed by atoms with Crippen molar-refractivity contribution < 1.29 is 33.8 Å². The zero-order chi connectivity index (χ0) is 29.2.